The second-order valence-electron chi connectivity index (χ2n) is 4.32. The van der Waals surface area contributed by atoms with Gasteiger partial charge in [-0.25, -0.2) is 15.8 Å². The van der Waals surface area contributed by atoms with Crippen LogP contribution in [0.2, 0.25) is 0 Å². The summed E-state index contributed by atoms with van der Waals surface area (Å²) in [5.74, 6) is 7.12. The van der Waals surface area contributed by atoms with Crippen LogP contribution in [0.4, 0.5) is 11.6 Å². The van der Waals surface area contributed by atoms with Crippen LogP contribution < -0.4 is 16.2 Å². The van der Waals surface area contributed by atoms with E-state index in [1.165, 1.54) is 4.88 Å². The molecule has 2 rings (SSSR count). The van der Waals surface area contributed by atoms with Gasteiger partial charge in [0.15, 0.2) is 0 Å². The summed E-state index contributed by atoms with van der Waals surface area (Å²) >= 11 is 1.75. The van der Waals surface area contributed by atoms with Crippen molar-refractivity contribution < 1.29 is 0 Å². The zero-order valence-electron chi connectivity index (χ0n) is 11.4. The first-order chi connectivity index (χ1) is 9.19. The molecular weight excluding hydrogens is 258 g/mol. The lowest BCUT2D eigenvalue weighted by molar-refractivity contribution is 0.734. The van der Waals surface area contributed by atoms with Crippen LogP contribution in [0.3, 0.4) is 0 Å². The van der Waals surface area contributed by atoms with Crippen LogP contribution in [0, 0.1) is 0 Å². The van der Waals surface area contributed by atoms with Gasteiger partial charge in [-0.1, -0.05) is 13.0 Å². The van der Waals surface area contributed by atoms with Gasteiger partial charge in [0.1, 0.15) is 18.0 Å². The van der Waals surface area contributed by atoms with E-state index in [0.29, 0.717) is 5.82 Å². The van der Waals surface area contributed by atoms with Gasteiger partial charge < -0.3 is 10.3 Å². The monoisotopic (exact) mass is 277 g/mol. The molecule has 0 radical (unpaired) electrons. The van der Waals surface area contributed by atoms with Crippen LogP contribution in [0.25, 0.3) is 0 Å². The van der Waals surface area contributed by atoms with Gasteiger partial charge in [0.05, 0.1) is 6.04 Å². The first-order valence-corrected chi connectivity index (χ1v) is 7.13. The summed E-state index contributed by atoms with van der Waals surface area (Å²) in [6.45, 7) is 4.25. The van der Waals surface area contributed by atoms with E-state index < -0.39 is 0 Å². The third-order valence-electron chi connectivity index (χ3n) is 3.28. The van der Waals surface area contributed by atoms with E-state index in [-0.39, 0.29) is 6.04 Å². The molecule has 2 aromatic heterocycles. The van der Waals surface area contributed by atoms with Crippen molar-refractivity contribution in [2.24, 2.45) is 5.84 Å². The maximum Gasteiger partial charge on any atom is 0.148 e. The SMILES string of the molecule is CCc1c(NN)ncnc1N(C)C(C)c1cccs1. The Bertz CT molecular complexity index is 526. The molecule has 3 N–H and O–H groups in total. The molecule has 2 aromatic rings. The summed E-state index contributed by atoms with van der Waals surface area (Å²) < 4.78 is 0. The standard InChI is InChI=1S/C13H19N5S/c1-4-10-12(17-14)15-8-16-13(10)18(3)9(2)11-6-5-7-19-11/h5-9H,4,14H2,1-3H3,(H,15,16,17). The topological polar surface area (TPSA) is 67.1 Å². The number of nitrogen functional groups attached to an aromatic ring is 1. The Morgan fingerprint density at radius 3 is 2.84 bits per heavy atom. The lowest BCUT2D eigenvalue weighted by atomic mass is 10.1. The van der Waals surface area contributed by atoms with E-state index in [2.05, 4.69) is 51.7 Å². The molecule has 0 fully saturated rings. The van der Waals surface area contributed by atoms with Crippen molar-refractivity contribution in [1.82, 2.24) is 9.97 Å². The van der Waals surface area contributed by atoms with Gasteiger partial charge in [0, 0.05) is 17.5 Å². The Morgan fingerprint density at radius 2 is 2.26 bits per heavy atom. The van der Waals surface area contributed by atoms with Crippen LogP contribution in [-0.4, -0.2) is 17.0 Å². The molecule has 0 aliphatic heterocycles. The summed E-state index contributed by atoms with van der Waals surface area (Å²) in [5.41, 5.74) is 3.68. The first-order valence-electron chi connectivity index (χ1n) is 6.25. The molecule has 0 aliphatic carbocycles. The molecule has 0 saturated carbocycles. The molecule has 6 heteroatoms. The number of hydrogen-bond donors (Lipinski definition) is 2. The van der Waals surface area contributed by atoms with Gasteiger partial charge in [-0.3, -0.25) is 0 Å². The van der Waals surface area contributed by atoms with E-state index in [0.717, 1.165) is 17.8 Å². The molecular formula is C13H19N5S. The zero-order valence-corrected chi connectivity index (χ0v) is 12.2. The number of nitrogens with one attached hydrogen (secondary N) is 1. The van der Waals surface area contributed by atoms with Gasteiger partial charge in [0.2, 0.25) is 0 Å². The van der Waals surface area contributed by atoms with Crippen LogP contribution in [0.1, 0.15) is 30.3 Å². The Kier molecular flexibility index (Phi) is 4.34. The Labute approximate surface area is 117 Å². The summed E-state index contributed by atoms with van der Waals surface area (Å²) in [7, 11) is 2.05. The van der Waals surface area contributed by atoms with Gasteiger partial charge in [-0.2, -0.15) is 0 Å². The maximum atomic E-state index is 5.51. The van der Waals surface area contributed by atoms with Gasteiger partial charge >= 0.3 is 0 Å². The minimum Gasteiger partial charge on any atom is -0.352 e. The van der Waals surface area contributed by atoms with E-state index in [1.807, 2.05) is 7.05 Å². The number of hydrogen-bond acceptors (Lipinski definition) is 6. The number of nitrogens with two attached hydrogens (primary N) is 1. The van der Waals surface area contributed by atoms with Crippen molar-refractivity contribution in [3.8, 4) is 0 Å². The van der Waals surface area contributed by atoms with E-state index in [4.69, 9.17) is 5.84 Å². The average molecular weight is 277 g/mol. The lowest BCUT2D eigenvalue weighted by Gasteiger charge is -2.27. The van der Waals surface area contributed by atoms with Gasteiger partial charge in [-0.15, -0.1) is 11.3 Å². The number of thiophene rings is 1. The third-order valence-corrected chi connectivity index (χ3v) is 4.33. The molecule has 0 aliphatic rings. The molecule has 0 saturated heterocycles. The molecule has 2 heterocycles. The Balaban J connectivity index is 2.35. The number of nitrogens with zero attached hydrogens (tertiary/aromatic N) is 3. The average Bonchev–Trinajstić information content (AvgIpc) is 2.98. The fraction of sp³-hybridized carbons (Fsp3) is 0.385. The molecule has 0 spiro atoms. The van der Waals surface area contributed by atoms with Gasteiger partial charge in [-0.05, 0) is 24.8 Å². The van der Waals surface area contributed by atoms with Crippen LogP contribution in [0.15, 0.2) is 23.8 Å². The highest BCUT2D eigenvalue weighted by atomic mass is 32.1. The van der Waals surface area contributed by atoms with E-state index >= 15 is 0 Å². The smallest absolute Gasteiger partial charge is 0.148 e. The molecule has 0 bridgehead atoms. The van der Waals surface area contributed by atoms with Crippen LogP contribution in [-0.2, 0) is 6.42 Å². The predicted octanol–water partition coefficient (Wildman–Crippen LogP) is 2.58. The molecule has 5 nitrogen and oxygen atoms in total. The highest BCUT2D eigenvalue weighted by Crippen LogP contribution is 2.30. The minimum atomic E-state index is 0.269. The van der Waals surface area contributed by atoms with Crippen molar-refractivity contribution in [1.29, 1.82) is 0 Å². The summed E-state index contributed by atoms with van der Waals surface area (Å²) in [4.78, 5) is 12.0. The number of aromatic nitrogens is 2. The zero-order chi connectivity index (χ0) is 13.8. The van der Waals surface area contributed by atoms with Crippen molar-refractivity contribution in [3.63, 3.8) is 0 Å². The fourth-order valence-corrected chi connectivity index (χ4v) is 2.89. The normalized spacial score (nSPS) is 12.2. The van der Waals surface area contributed by atoms with Crippen LogP contribution in [0.5, 0.6) is 0 Å². The van der Waals surface area contributed by atoms with Crippen molar-refractivity contribution >= 4 is 23.0 Å². The van der Waals surface area contributed by atoms with E-state index in [9.17, 15) is 0 Å². The summed E-state index contributed by atoms with van der Waals surface area (Å²) in [5, 5.41) is 2.09. The number of rotatable bonds is 5. The fourth-order valence-electron chi connectivity index (χ4n) is 2.06. The molecule has 1 unspecified atom stereocenters. The molecule has 19 heavy (non-hydrogen) atoms. The van der Waals surface area contributed by atoms with Crippen molar-refractivity contribution in [2.75, 3.05) is 17.4 Å². The predicted molar refractivity (Wildman–Crippen MR) is 80.4 cm³/mol. The van der Waals surface area contributed by atoms with Gasteiger partial charge in [0.25, 0.3) is 0 Å². The number of anilines is 2. The maximum absolute atomic E-state index is 5.51. The largest absolute Gasteiger partial charge is 0.352 e. The molecule has 1 atom stereocenters. The Morgan fingerprint density at radius 1 is 1.47 bits per heavy atom. The van der Waals surface area contributed by atoms with E-state index in [1.54, 1.807) is 17.7 Å². The first kappa shape index (κ1) is 13.8. The molecule has 0 aromatic carbocycles. The molecule has 0 amide bonds. The van der Waals surface area contributed by atoms with Crippen molar-refractivity contribution in [3.05, 3.63) is 34.3 Å². The summed E-state index contributed by atoms with van der Waals surface area (Å²) in [6, 6.07) is 4.48. The molecule has 102 valence electrons. The highest BCUT2D eigenvalue weighted by Gasteiger charge is 2.19. The highest BCUT2D eigenvalue weighted by molar-refractivity contribution is 7.10. The third kappa shape index (κ3) is 2.69. The van der Waals surface area contributed by atoms with Crippen LogP contribution >= 0.6 is 11.3 Å². The second-order valence-corrected chi connectivity index (χ2v) is 5.30. The van der Waals surface area contributed by atoms with Crippen molar-refractivity contribution in [2.45, 2.75) is 26.3 Å². The second kappa shape index (κ2) is 5.99. The minimum absolute atomic E-state index is 0.269. The Hall–Kier alpha value is -1.66. The number of hydrazine groups is 1. The lowest BCUT2D eigenvalue weighted by Crippen LogP contribution is -2.24. The quantitative estimate of drug-likeness (QED) is 0.649. The summed E-state index contributed by atoms with van der Waals surface area (Å²) in [6.07, 6.45) is 2.37.